The van der Waals surface area contributed by atoms with Crippen LogP contribution in [0.1, 0.15) is 47.9 Å². The fraction of sp³-hybridized carbons (Fsp3) is 0.298. The molecule has 0 aliphatic carbocycles. The van der Waals surface area contributed by atoms with Crippen molar-refractivity contribution in [1.82, 2.24) is 31.2 Å². The zero-order valence-corrected chi connectivity index (χ0v) is 35.3. The first kappa shape index (κ1) is 46.6. The minimum absolute atomic E-state index is 0.00705. The molecule has 4 aromatic carbocycles. The van der Waals surface area contributed by atoms with Crippen molar-refractivity contribution < 1.29 is 38.7 Å². The summed E-state index contributed by atoms with van der Waals surface area (Å²) in [6, 6.07) is 26.8. The van der Waals surface area contributed by atoms with Crippen LogP contribution in [-0.4, -0.2) is 94.3 Å². The van der Waals surface area contributed by atoms with Gasteiger partial charge in [0.25, 0.3) is 0 Å². The van der Waals surface area contributed by atoms with Crippen molar-refractivity contribution in [2.24, 2.45) is 5.73 Å². The molecule has 5 aromatic rings. The van der Waals surface area contributed by atoms with E-state index in [0.717, 1.165) is 32.5 Å². The number of aromatic amines is 1. The molecule has 5 rings (SSSR count). The number of nitrogens with two attached hydrogens (primary N) is 1. The number of aliphatic carboxylic acids is 1. The largest absolute Gasteiger partial charge is 0.481 e. The number of carbonyl (C=O) groups is 7. The Labute approximate surface area is 365 Å². The number of H-pyrrole nitrogens is 1. The number of unbranched alkanes of at least 4 members (excludes halogenated alkanes) is 1. The molecular formula is C47H54N8O8. The summed E-state index contributed by atoms with van der Waals surface area (Å²) in [6.07, 6.45) is 1.64. The minimum atomic E-state index is -1.62. The molecular weight excluding hydrogens is 805 g/mol. The van der Waals surface area contributed by atoms with Crippen molar-refractivity contribution in [1.29, 1.82) is 0 Å². The summed E-state index contributed by atoms with van der Waals surface area (Å²) in [5.74, 6) is -5.13. The lowest BCUT2D eigenvalue weighted by molar-refractivity contribution is -0.147. The van der Waals surface area contributed by atoms with Gasteiger partial charge in [-0.15, -0.1) is 0 Å². The summed E-state index contributed by atoms with van der Waals surface area (Å²) in [7, 11) is 1.24. The van der Waals surface area contributed by atoms with Crippen LogP contribution in [0.25, 0.3) is 10.9 Å². The van der Waals surface area contributed by atoms with E-state index in [2.05, 4.69) is 31.6 Å². The maximum absolute atomic E-state index is 14.5. The second-order valence-corrected chi connectivity index (χ2v) is 15.3. The first-order valence-electron chi connectivity index (χ1n) is 20.7. The van der Waals surface area contributed by atoms with E-state index in [0.29, 0.717) is 24.1 Å². The number of primary amides is 1. The normalized spacial score (nSPS) is 12.8. The van der Waals surface area contributed by atoms with Crippen LogP contribution < -0.4 is 32.3 Å². The number of nitrogens with zero attached hydrogens (tertiary/aromatic N) is 1. The second kappa shape index (κ2) is 22.9. The molecule has 4 atom stereocenters. The predicted octanol–water partition coefficient (Wildman–Crippen LogP) is 3.74. The van der Waals surface area contributed by atoms with Gasteiger partial charge in [-0.2, -0.15) is 0 Å². The highest BCUT2D eigenvalue weighted by Gasteiger charge is 2.36. The average Bonchev–Trinajstić information content (AvgIpc) is 3.67. The standard InChI is InChI=1S/C47H54N8O8/c1-30-15-9-11-21-35(30)54-47(63)49-24-14-13-23-37(46(62)55(2)40(28-42(57)58)45(61)53-38(43(48)59)25-31-16-5-3-6-17-31)52-44(60)39(51-41(56)26-32-18-7-4-8-19-32)27-33-29-50-36-22-12-10-20-34(33)36/h3-12,15-22,29,37-40,50H,13-14,23-28H2,1-2H3,(H2,48,59)(H,51,56)(H,52,60)(H,53,61)(H,57,58)(H2,49,54,63)/t37-,38-,39-,40-/m0/s1. The van der Waals surface area contributed by atoms with E-state index >= 15 is 0 Å². The van der Waals surface area contributed by atoms with Crippen LogP contribution in [-0.2, 0) is 48.0 Å². The number of carboxylic acids is 1. The van der Waals surface area contributed by atoms with Crippen LogP contribution in [0, 0.1) is 6.92 Å². The van der Waals surface area contributed by atoms with E-state index < -0.39 is 72.1 Å². The minimum Gasteiger partial charge on any atom is -0.481 e. The summed E-state index contributed by atoms with van der Waals surface area (Å²) >= 11 is 0. The molecule has 7 amide bonds. The Kier molecular flexibility index (Phi) is 16.9. The number of aromatic nitrogens is 1. The monoisotopic (exact) mass is 858 g/mol. The number of hydrogen-bond donors (Lipinski definition) is 8. The number of nitrogens with one attached hydrogen (secondary N) is 6. The van der Waals surface area contributed by atoms with Crippen molar-refractivity contribution in [3.63, 3.8) is 0 Å². The van der Waals surface area contributed by atoms with E-state index in [9.17, 15) is 38.7 Å². The predicted molar refractivity (Wildman–Crippen MR) is 238 cm³/mol. The number of anilines is 1. The molecule has 0 fully saturated rings. The molecule has 0 saturated carbocycles. The van der Waals surface area contributed by atoms with Crippen LogP contribution >= 0.6 is 0 Å². The first-order chi connectivity index (χ1) is 30.3. The summed E-state index contributed by atoms with van der Waals surface area (Å²) < 4.78 is 0. The van der Waals surface area contributed by atoms with Crippen molar-refractivity contribution in [3.05, 3.63) is 138 Å². The molecule has 0 bridgehead atoms. The quantitative estimate of drug-likeness (QED) is 0.0476. The highest BCUT2D eigenvalue weighted by atomic mass is 16.4. The van der Waals surface area contributed by atoms with Gasteiger partial charge in [-0.25, -0.2) is 4.79 Å². The molecule has 16 nitrogen and oxygen atoms in total. The van der Waals surface area contributed by atoms with Crippen molar-refractivity contribution >= 4 is 58.1 Å². The zero-order chi connectivity index (χ0) is 45.3. The molecule has 0 saturated heterocycles. The Bertz CT molecular complexity index is 2370. The maximum atomic E-state index is 14.5. The Morgan fingerprint density at radius 2 is 1.35 bits per heavy atom. The number of carbonyl (C=O) groups excluding carboxylic acids is 6. The topological polar surface area (TPSA) is 245 Å². The lowest BCUT2D eigenvalue weighted by Gasteiger charge is -2.32. The number of urea groups is 1. The van der Waals surface area contributed by atoms with Crippen molar-refractivity contribution in [2.45, 2.75) is 76.0 Å². The number of hydrogen-bond acceptors (Lipinski definition) is 7. The third-order valence-corrected chi connectivity index (χ3v) is 10.6. The lowest BCUT2D eigenvalue weighted by Crippen LogP contribution is -2.59. The van der Waals surface area contributed by atoms with Gasteiger partial charge < -0.3 is 47.3 Å². The van der Waals surface area contributed by atoms with Crippen LogP contribution in [0.15, 0.2) is 115 Å². The zero-order valence-electron chi connectivity index (χ0n) is 35.3. The number of benzene rings is 4. The number of aryl methyl sites for hydroxylation is 1. The van der Waals surface area contributed by atoms with Gasteiger partial charge in [0.05, 0.1) is 12.8 Å². The molecule has 0 spiro atoms. The fourth-order valence-electron chi connectivity index (χ4n) is 7.15. The molecule has 0 radical (unpaired) electrons. The maximum Gasteiger partial charge on any atom is 0.319 e. The Balaban J connectivity index is 1.36. The molecule has 330 valence electrons. The van der Waals surface area contributed by atoms with Gasteiger partial charge in [-0.05, 0) is 60.6 Å². The third-order valence-electron chi connectivity index (χ3n) is 10.6. The molecule has 16 heteroatoms. The van der Waals surface area contributed by atoms with Gasteiger partial charge in [-0.3, -0.25) is 28.8 Å². The molecule has 9 N–H and O–H groups in total. The lowest BCUT2D eigenvalue weighted by atomic mass is 10.0. The molecule has 0 unspecified atom stereocenters. The van der Waals surface area contributed by atoms with Crippen LogP contribution in [0.2, 0.25) is 0 Å². The van der Waals surface area contributed by atoms with Crippen LogP contribution in [0.5, 0.6) is 0 Å². The van der Waals surface area contributed by atoms with E-state index in [1.54, 1.807) is 72.9 Å². The van der Waals surface area contributed by atoms with Gasteiger partial charge in [0.15, 0.2) is 0 Å². The highest BCUT2D eigenvalue weighted by molar-refractivity contribution is 5.97. The number of likely N-dealkylation sites (N-methyl/N-ethyl adjacent to an activating group) is 1. The first-order valence-corrected chi connectivity index (χ1v) is 20.7. The highest BCUT2D eigenvalue weighted by Crippen LogP contribution is 2.20. The van der Waals surface area contributed by atoms with Crippen LogP contribution in [0.4, 0.5) is 10.5 Å². The summed E-state index contributed by atoms with van der Waals surface area (Å²) in [5, 5.41) is 24.5. The van der Waals surface area contributed by atoms with Crippen molar-refractivity contribution in [3.8, 4) is 0 Å². The number of carboxylic acid groups (broad SMARTS) is 1. The van der Waals surface area contributed by atoms with Gasteiger partial charge in [-0.1, -0.05) is 97.1 Å². The van der Waals surface area contributed by atoms with Crippen molar-refractivity contribution in [2.75, 3.05) is 18.9 Å². The SMILES string of the molecule is Cc1ccccc1NC(=O)NCCCC[C@H](NC(=O)[C@H](Cc1c[nH]c2ccccc12)NC(=O)Cc1ccccc1)C(=O)N(C)[C@@H](CC(=O)O)C(=O)N[C@@H](Cc1ccccc1)C(N)=O. The van der Waals surface area contributed by atoms with Gasteiger partial charge in [0.1, 0.15) is 24.2 Å². The smallest absolute Gasteiger partial charge is 0.319 e. The molecule has 1 heterocycles. The van der Waals surface area contributed by atoms with Gasteiger partial charge >= 0.3 is 12.0 Å². The second-order valence-electron chi connectivity index (χ2n) is 15.3. The van der Waals surface area contributed by atoms with Gasteiger partial charge in [0.2, 0.25) is 29.5 Å². The van der Waals surface area contributed by atoms with E-state index in [1.165, 1.54) is 7.05 Å². The number of rotatable bonds is 22. The fourth-order valence-corrected chi connectivity index (χ4v) is 7.15. The van der Waals surface area contributed by atoms with E-state index in [1.807, 2.05) is 49.4 Å². The summed E-state index contributed by atoms with van der Waals surface area (Å²) in [4.78, 5) is 97.5. The van der Waals surface area contributed by atoms with E-state index in [-0.39, 0.29) is 32.2 Å². The summed E-state index contributed by atoms with van der Waals surface area (Å²) in [6.45, 7) is 2.07. The average molecular weight is 859 g/mol. The molecule has 1 aromatic heterocycles. The Hall–Kier alpha value is -7.49. The summed E-state index contributed by atoms with van der Waals surface area (Å²) in [5.41, 5.74) is 10.1. The van der Waals surface area contributed by atoms with Gasteiger partial charge in [0, 0.05) is 49.2 Å². The molecule has 63 heavy (non-hydrogen) atoms. The number of fused-ring (bicyclic) bond motifs is 1. The van der Waals surface area contributed by atoms with E-state index in [4.69, 9.17) is 5.73 Å². The Morgan fingerprint density at radius 3 is 2.03 bits per heavy atom. The molecule has 0 aliphatic heterocycles. The third kappa shape index (κ3) is 14.0. The number of para-hydroxylation sites is 2. The van der Waals surface area contributed by atoms with Crippen LogP contribution in [0.3, 0.4) is 0 Å². The number of amides is 7. The Morgan fingerprint density at radius 1 is 0.714 bits per heavy atom. The molecule has 0 aliphatic rings.